The number of hydrogen-bond acceptors (Lipinski definition) is 4. The Kier molecular flexibility index (Phi) is 6.24. The molecule has 0 bridgehead atoms. The molecule has 1 heterocycles. The van der Waals surface area contributed by atoms with Crippen LogP contribution in [0, 0.1) is 6.92 Å². The highest BCUT2D eigenvalue weighted by Crippen LogP contribution is 2.32. The molecule has 1 aromatic carbocycles. The van der Waals surface area contributed by atoms with Gasteiger partial charge in [-0.2, -0.15) is 27.1 Å². The van der Waals surface area contributed by atoms with E-state index in [2.05, 4.69) is 15.2 Å². The van der Waals surface area contributed by atoms with Crippen LogP contribution < -0.4 is 14.8 Å². The second-order valence-corrected chi connectivity index (χ2v) is 5.35. The summed E-state index contributed by atoms with van der Waals surface area (Å²) in [5.41, 5.74) is -0.796. The number of carbonyl (C=O) groups excluding carboxylic acids is 1. The first-order valence-corrected chi connectivity index (χ1v) is 7.73. The number of hydrogen-bond donors (Lipinski definition) is 1. The molecule has 1 N–H and O–H groups in total. The van der Waals surface area contributed by atoms with Gasteiger partial charge in [-0.3, -0.25) is 9.48 Å². The summed E-state index contributed by atoms with van der Waals surface area (Å²) in [7, 11) is 0. The monoisotopic (exact) mass is 393 g/mol. The van der Waals surface area contributed by atoms with E-state index in [1.807, 2.05) is 0 Å². The molecule has 11 heteroatoms. The zero-order valence-corrected chi connectivity index (χ0v) is 14.3. The molecule has 0 fully saturated rings. The molecule has 0 spiro atoms. The molecule has 0 radical (unpaired) electrons. The number of anilines is 1. The van der Waals surface area contributed by atoms with Crippen molar-refractivity contribution in [1.29, 1.82) is 0 Å². The van der Waals surface area contributed by atoms with Crippen molar-refractivity contribution in [2.45, 2.75) is 33.2 Å². The van der Waals surface area contributed by atoms with Crippen molar-refractivity contribution in [1.82, 2.24) is 9.78 Å². The molecule has 0 unspecified atom stereocenters. The molecule has 1 aromatic heterocycles. The van der Waals surface area contributed by atoms with Crippen molar-refractivity contribution in [3.8, 4) is 11.5 Å². The molecule has 0 aliphatic carbocycles. The third kappa shape index (κ3) is 5.56. The maximum absolute atomic E-state index is 12.9. The fourth-order valence-electron chi connectivity index (χ4n) is 2.28. The van der Waals surface area contributed by atoms with Gasteiger partial charge >= 0.3 is 12.8 Å². The van der Waals surface area contributed by atoms with Crippen LogP contribution in [0.15, 0.2) is 24.3 Å². The van der Waals surface area contributed by atoms with Gasteiger partial charge in [0.05, 0.1) is 12.3 Å². The van der Waals surface area contributed by atoms with Crippen LogP contribution in [0.1, 0.15) is 18.3 Å². The van der Waals surface area contributed by atoms with Crippen LogP contribution in [0.25, 0.3) is 0 Å². The van der Waals surface area contributed by atoms with Gasteiger partial charge in [0.25, 0.3) is 0 Å². The van der Waals surface area contributed by atoms with Gasteiger partial charge in [0.2, 0.25) is 5.91 Å². The standard InChI is InChI=1S/C16H16F5N3O3/c1-3-26-12-7-10(4-5-11(12)27-15(17)18)22-14(25)8-24-13(16(19,20)21)6-9(2)23-24/h4-7,15H,3,8H2,1-2H3,(H,22,25). The maximum atomic E-state index is 12.9. The Morgan fingerprint density at radius 1 is 1.26 bits per heavy atom. The van der Waals surface area contributed by atoms with Crippen molar-refractivity contribution in [2.75, 3.05) is 11.9 Å². The first-order valence-electron chi connectivity index (χ1n) is 7.73. The van der Waals surface area contributed by atoms with Gasteiger partial charge in [-0.15, -0.1) is 0 Å². The summed E-state index contributed by atoms with van der Waals surface area (Å²) >= 11 is 0. The molecular weight excluding hydrogens is 377 g/mol. The number of nitrogens with one attached hydrogen (secondary N) is 1. The number of carbonyl (C=O) groups is 1. The van der Waals surface area contributed by atoms with Gasteiger partial charge in [-0.05, 0) is 32.0 Å². The molecule has 0 aliphatic heterocycles. The summed E-state index contributed by atoms with van der Waals surface area (Å²) in [6.45, 7) is -0.593. The van der Waals surface area contributed by atoms with Crippen molar-refractivity contribution in [3.63, 3.8) is 0 Å². The highest BCUT2D eigenvalue weighted by Gasteiger charge is 2.35. The molecule has 2 aromatic rings. The maximum Gasteiger partial charge on any atom is 0.433 e. The molecule has 0 saturated carbocycles. The third-order valence-electron chi connectivity index (χ3n) is 3.23. The minimum atomic E-state index is -4.65. The molecule has 0 aliphatic rings. The quantitative estimate of drug-likeness (QED) is 0.726. The van der Waals surface area contributed by atoms with Crippen LogP contribution in [-0.4, -0.2) is 28.9 Å². The lowest BCUT2D eigenvalue weighted by Gasteiger charge is -2.14. The van der Waals surface area contributed by atoms with Crippen LogP contribution in [0.3, 0.4) is 0 Å². The number of halogens is 5. The SMILES string of the molecule is CCOc1cc(NC(=O)Cn2nc(C)cc2C(F)(F)F)ccc1OC(F)F. The van der Waals surface area contributed by atoms with E-state index in [-0.39, 0.29) is 29.5 Å². The zero-order valence-electron chi connectivity index (χ0n) is 14.3. The van der Waals surface area contributed by atoms with Gasteiger partial charge in [-0.1, -0.05) is 0 Å². The average molecular weight is 393 g/mol. The summed E-state index contributed by atoms with van der Waals surface area (Å²) in [4.78, 5) is 12.1. The fourth-order valence-corrected chi connectivity index (χ4v) is 2.28. The van der Waals surface area contributed by atoms with Gasteiger partial charge in [0.15, 0.2) is 11.5 Å². The van der Waals surface area contributed by atoms with Crippen LogP contribution in [0.2, 0.25) is 0 Å². The number of ether oxygens (including phenoxy) is 2. The first kappa shape index (κ1) is 20.5. The van der Waals surface area contributed by atoms with Crippen molar-refractivity contribution >= 4 is 11.6 Å². The van der Waals surface area contributed by atoms with E-state index in [1.54, 1.807) is 6.92 Å². The number of aryl methyl sites for hydroxylation is 1. The smallest absolute Gasteiger partial charge is 0.433 e. The Hall–Kier alpha value is -2.85. The largest absolute Gasteiger partial charge is 0.490 e. The molecule has 27 heavy (non-hydrogen) atoms. The van der Waals surface area contributed by atoms with E-state index in [1.165, 1.54) is 19.1 Å². The lowest BCUT2D eigenvalue weighted by Crippen LogP contribution is -2.23. The average Bonchev–Trinajstić information content (AvgIpc) is 2.90. The lowest BCUT2D eigenvalue weighted by atomic mass is 10.2. The normalized spacial score (nSPS) is 11.6. The van der Waals surface area contributed by atoms with Crippen molar-refractivity contribution in [3.05, 3.63) is 35.7 Å². The Morgan fingerprint density at radius 2 is 1.96 bits per heavy atom. The minimum Gasteiger partial charge on any atom is -0.490 e. The van der Waals surface area contributed by atoms with E-state index >= 15 is 0 Å². The minimum absolute atomic E-state index is 0.0403. The highest BCUT2D eigenvalue weighted by molar-refractivity contribution is 5.90. The molecule has 1 amide bonds. The zero-order chi connectivity index (χ0) is 20.2. The lowest BCUT2D eigenvalue weighted by molar-refractivity contribution is -0.144. The van der Waals surface area contributed by atoms with E-state index in [9.17, 15) is 26.7 Å². The Morgan fingerprint density at radius 3 is 2.56 bits per heavy atom. The molecule has 0 atom stereocenters. The summed E-state index contributed by atoms with van der Waals surface area (Å²) < 4.78 is 73.6. The van der Waals surface area contributed by atoms with Crippen LogP contribution in [-0.2, 0) is 17.5 Å². The van der Waals surface area contributed by atoms with E-state index in [0.717, 1.165) is 12.1 Å². The van der Waals surface area contributed by atoms with Crippen LogP contribution >= 0.6 is 0 Å². The van der Waals surface area contributed by atoms with Crippen LogP contribution in [0.4, 0.5) is 27.6 Å². The van der Waals surface area contributed by atoms with E-state index in [4.69, 9.17) is 4.74 Å². The number of alkyl halides is 5. The number of benzene rings is 1. The summed E-state index contributed by atoms with van der Waals surface area (Å²) in [6.07, 6.45) is -4.65. The molecular formula is C16H16F5N3O3. The topological polar surface area (TPSA) is 65.4 Å². The Labute approximate surface area is 150 Å². The summed E-state index contributed by atoms with van der Waals surface area (Å²) in [6, 6.07) is 4.48. The fraction of sp³-hybridized carbons (Fsp3) is 0.375. The number of aromatic nitrogens is 2. The number of rotatable bonds is 7. The van der Waals surface area contributed by atoms with Gasteiger partial charge in [0, 0.05) is 11.8 Å². The van der Waals surface area contributed by atoms with E-state index < -0.39 is 30.9 Å². The van der Waals surface area contributed by atoms with Gasteiger partial charge in [-0.25, -0.2) is 0 Å². The van der Waals surface area contributed by atoms with Crippen LogP contribution in [0.5, 0.6) is 11.5 Å². The highest BCUT2D eigenvalue weighted by atomic mass is 19.4. The van der Waals surface area contributed by atoms with E-state index in [0.29, 0.717) is 4.68 Å². The van der Waals surface area contributed by atoms with Crippen molar-refractivity contribution in [2.24, 2.45) is 0 Å². The molecule has 148 valence electrons. The second kappa shape index (κ2) is 8.23. The molecule has 0 saturated heterocycles. The van der Waals surface area contributed by atoms with Crippen molar-refractivity contribution < 1.29 is 36.2 Å². The second-order valence-electron chi connectivity index (χ2n) is 5.35. The summed E-state index contributed by atoms with van der Waals surface area (Å²) in [5, 5.41) is 6.03. The summed E-state index contributed by atoms with van der Waals surface area (Å²) in [5.74, 6) is -1.05. The Balaban J connectivity index is 2.15. The predicted molar refractivity (Wildman–Crippen MR) is 84.8 cm³/mol. The van der Waals surface area contributed by atoms with Gasteiger partial charge < -0.3 is 14.8 Å². The predicted octanol–water partition coefficient (Wildman–Crippen LogP) is 3.85. The first-order chi connectivity index (χ1) is 12.6. The van der Waals surface area contributed by atoms with Gasteiger partial charge in [0.1, 0.15) is 12.2 Å². The molecule has 6 nitrogen and oxygen atoms in total. The molecule has 2 rings (SSSR count). The Bertz CT molecular complexity index is 805. The number of amides is 1. The number of nitrogens with zero attached hydrogens (tertiary/aromatic N) is 2. The third-order valence-corrected chi connectivity index (χ3v) is 3.23.